The van der Waals surface area contributed by atoms with Gasteiger partial charge in [-0.2, -0.15) is 0 Å². The molecule has 0 spiro atoms. The van der Waals surface area contributed by atoms with E-state index < -0.39 is 23.9 Å². The first-order valence-corrected chi connectivity index (χ1v) is 10.8. The maximum absolute atomic E-state index is 14.7. The van der Waals surface area contributed by atoms with Gasteiger partial charge in [-0.3, -0.25) is 0 Å². The Morgan fingerprint density at radius 1 is 0.931 bits per heavy atom. The number of benzene rings is 1. The van der Waals surface area contributed by atoms with E-state index in [2.05, 4.69) is 16.4 Å². The van der Waals surface area contributed by atoms with Crippen LogP contribution in [-0.2, 0) is 0 Å². The minimum Gasteiger partial charge on any atom is -0.395 e. The molecule has 0 unspecified atom stereocenters. The Balaban J connectivity index is 1.50. The van der Waals surface area contributed by atoms with Crippen LogP contribution in [-0.4, -0.2) is 6.29 Å². The monoisotopic (exact) mass is 414 g/mol. The summed E-state index contributed by atoms with van der Waals surface area (Å²) in [4.78, 5) is 0. The standard InChI is InChI=1S/C23H30F4O2/c1-2-3-4-5-6-7-8-16-9-11-17(12-10-16)21(24)22(25)18-13-14-19-20(15-18)29-23(26,27)28-19/h13-17H,2-12H2,1H3/b22-21+. The molecule has 0 amide bonds. The lowest BCUT2D eigenvalue weighted by Crippen LogP contribution is -2.25. The Morgan fingerprint density at radius 2 is 1.59 bits per heavy atom. The van der Waals surface area contributed by atoms with E-state index in [1.165, 1.54) is 57.1 Å². The van der Waals surface area contributed by atoms with Crippen molar-refractivity contribution in [3.8, 4) is 11.5 Å². The van der Waals surface area contributed by atoms with Crippen LogP contribution in [0.4, 0.5) is 17.6 Å². The van der Waals surface area contributed by atoms with Crippen LogP contribution in [0.3, 0.4) is 0 Å². The van der Waals surface area contributed by atoms with Gasteiger partial charge in [0.25, 0.3) is 0 Å². The van der Waals surface area contributed by atoms with E-state index in [0.29, 0.717) is 18.8 Å². The molecule has 29 heavy (non-hydrogen) atoms. The van der Waals surface area contributed by atoms with Crippen molar-refractivity contribution in [3.05, 3.63) is 29.6 Å². The SMILES string of the molecule is CCCCCCCCC1CCC(/C(F)=C(\F)c2ccc3c(c2)OC(F)(F)O3)CC1. The first kappa shape index (κ1) is 22.0. The summed E-state index contributed by atoms with van der Waals surface area (Å²) in [7, 11) is 0. The second-order valence-electron chi connectivity index (χ2n) is 8.27. The summed E-state index contributed by atoms with van der Waals surface area (Å²) in [5.41, 5.74) is -0.100. The zero-order valence-electron chi connectivity index (χ0n) is 17.0. The second-order valence-corrected chi connectivity index (χ2v) is 8.27. The van der Waals surface area contributed by atoms with Gasteiger partial charge in [0.05, 0.1) is 0 Å². The summed E-state index contributed by atoms with van der Waals surface area (Å²) < 4.78 is 64.2. The van der Waals surface area contributed by atoms with E-state index in [1.807, 2.05) is 0 Å². The topological polar surface area (TPSA) is 18.5 Å². The fourth-order valence-corrected chi connectivity index (χ4v) is 4.32. The van der Waals surface area contributed by atoms with Gasteiger partial charge < -0.3 is 9.47 Å². The molecule has 1 aliphatic carbocycles. The zero-order valence-corrected chi connectivity index (χ0v) is 17.0. The van der Waals surface area contributed by atoms with E-state index >= 15 is 0 Å². The molecule has 6 heteroatoms. The molecule has 0 N–H and O–H groups in total. The first-order valence-electron chi connectivity index (χ1n) is 10.8. The number of unbranched alkanes of at least 4 members (excludes halogenated alkanes) is 5. The van der Waals surface area contributed by atoms with Crippen LogP contribution < -0.4 is 9.47 Å². The Bertz CT molecular complexity index is 709. The van der Waals surface area contributed by atoms with Crippen molar-refractivity contribution in [1.82, 2.24) is 0 Å². The van der Waals surface area contributed by atoms with Crippen molar-refractivity contribution >= 4 is 5.83 Å². The number of hydrogen-bond donors (Lipinski definition) is 0. The maximum atomic E-state index is 14.7. The maximum Gasteiger partial charge on any atom is 0.586 e. The lowest BCUT2D eigenvalue weighted by molar-refractivity contribution is -0.286. The lowest BCUT2D eigenvalue weighted by atomic mass is 9.79. The predicted octanol–water partition coefficient (Wildman–Crippen LogP) is 8.17. The number of fused-ring (bicyclic) bond motifs is 1. The molecule has 0 bridgehead atoms. The highest BCUT2D eigenvalue weighted by Gasteiger charge is 2.43. The number of alkyl halides is 2. The van der Waals surface area contributed by atoms with Gasteiger partial charge in [-0.15, -0.1) is 8.78 Å². The first-order chi connectivity index (χ1) is 13.9. The van der Waals surface area contributed by atoms with Gasteiger partial charge in [-0.05, 0) is 49.8 Å². The van der Waals surface area contributed by atoms with Crippen LogP contribution in [0.5, 0.6) is 11.5 Å². The highest BCUT2D eigenvalue weighted by molar-refractivity contribution is 5.65. The number of rotatable bonds is 9. The largest absolute Gasteiger partial charge is 0.586 e. The fraction of sp³-hybridized carbons (Fsp3) is 0.652. The van der Waals surface area contributed by atoms with Gasteiger partial charge in [-0.1, -0.05) is 51.9 Å². The molecule has 3 rings (SSSR count). The van der Waals surface area contributed by atoms with Crippen LogP contribution in [0.2, 0.25) is 0 Å². The predicted molar refractivity (Wildman–Crippen MR) is 105 cm³/mol. The van der Waals surface area contributed by atoms with Gasteiger partial charge in [0.1, 0.15) is 5.83 Å². The molecule has 1 saturated carbocycles. The molecule has 0 aromatic heterocycles. The molecule has 1 aromatic carbocycles. The third kappa shape index (κ3) is 5.89. The van der Waals surface area contributed by atoms with Crippen molar-refractivity contribution in [2.75, 3.05) is 0 Å². The minimum absolute atomic E-state index is 0.100. The Morgan fingerprint density at radius 3 is 2.31 bits per heavy atom. The molecule has 2 nitrogen and oxygen atoms in total. The normalized spacial score (nSPS) is 23.8. The second kappa shape index (κ2) is 9.86. The Labute approximate surface area is 170 Å². The molecule has 0 saturated heterocycles. The Hall–Kier alpha value is -1.72. The van der Waals surface area contributed by atoms with Crippen LogP contribution >= 0.6 is 0 Å². The smallest absolute Gasteiger partial charge is 0.395 e. The van der Waals surface area contributed by atoms with Crippen LogP contribution in [0.15, 0.2) is 24.0 Å². The van der Waals surface area contributed by atoms with Crippen molar-refractivity contribution in [3.63, 3.8) is 0 Å². The lowest BCUT2D eigenvalue weighted by Gasteiger charge is -2.27. The van der Waals surface area contributed by atoms with E-state index in [9.17, 15) is 17.6 Å². The van der Waals surface area contributed by atoms with Gasteiger partial charge in [-0.25, -0.2) is 8.78 Å². The van der Waals surface area contributed by atoms with Crippen LogP contribution in [0.25, 0.3) is 5.83 Å². The summed E-state index contributed by atoms with van der Waals surface area (Å²) in [6.07, 6.45) is 8.08. The summed E-state index contributed by atoms with van der Waals surface area (Å²) in [6.45, 7) is 2.21. The zero-order chi connectivity index (χ0) is 20.9. The molecular formula is C23H30F4O2. The molecular weight excluding hydrogens is 384 g/mol. The van der Waals surface area contributed by atoms with Crippen molar-refractivity contribution < 1.29 is 27.0 Å². The highest BCUT2D eigenvalue weighted by Crippen LogP contribution is 2.44. The van der Waals surface area contributed by atoms with Crippen molar-refractivity contribution in [1.29, 1.82) is 0 Å². The molecule has 1 fully saturated rings. The molecule has 162 valence electrons. The molecule has 1 heterocycles. The fourth-order valence-electron chi connectivity index (χ4n) is 4.32. The number of allylic oxidation sites excluding steroid dienone is 1. The number of halogens is 4. The van der Waals surface area contributed by atoms with Gasteiger partial charge in [0.2, 0.25) is 0 Å². The molecule has 2 aliphatic rings. The third-order valence-corrected chi connectivity index (χ3v) is 6.04. The van der Waals surface area contributed by atoms with Crippen molar-refractivity contribution in [2.24, 2.45) is 11.8 Å². The third-order valence-electron chi connectivity index (χ3n) is 6.04. The van der Waals surface area contributed by atoms with Gasteiger partial charge in [0, 0.05) is 11.5 Å². The number of hydrogen-bond acceptors (Lipinski definition) is 2. The average molecular weight is 414 g/mol. The van der Waals surface area contributed by atoms with E-state index in [4.69, 9.17) is 0 Å². The Kier molecular flexibility index (Phi) is 7.47. The van der Waals surface area contributed by atoms with Gasteiger partial charge >= 0.3 is 6.29 Å². The highest BCUT2D eigenvalue weighted by atomic mass is 19.3. The summed E-state index contributed by atoms with van der Waals surface area (Å²) in [5.74, 6) is -2.08. The molecule has 0 atom stereocenters. The summed E-state index contributed by atoms with van der Waals surface area (Å²) >= 11 is 0. The van der Waals surface area contributed by atoms with Crippen molar-refractivity contribution in [2.45, 2.75) is 83.8 Å². The van der Waals surface area contributed by atoms with E-state index in [1.54, 1.807) is 0 Å². The van der Waals surface area contributed by atoms with Crippen LogP contribution in [0, 0.1) is 11.8 Å². The molecule has 1 aromatic rings. The number of ether oxygens (including phenoxy) is 2. The van der Waals surface area contributed by atoms with E-state index in [-0.39, 0.29) is 17.1 Å². The summed E-state index contributed by atoms with van der Waals surface area (Å²) in [5, 5.41) is 0. The van der Waals surface area contributed by atoms with Gasteiger partial charge in [0.15, 0.2) is 17.3 Å². The quantitative estimate of drug-likeness (QED) is 0.300. The molecule has 0 radical (unpaired) electrons. The average Bonchev–Trinajstić information content (AvgIpc) is 3.02. The van der Waals surface area contributed by atoms with Crippen LogP contribution in [0.1, 0.15) is 83.1 Å². The molecule has 1 aliphatic heterocycles. The summed E-state index contributed by atoms with van der Waals surface area (Å²) in [6, 6.07) is 3.48. The van der Waals surface area contributed by atoms with E-state index in [0.717, 1.165) is 18.9 Å². The minimum atomic E-state index is -3.77.